The molecular formula is C37H46F7N5O8. The predicted molar refractivity (Wildman–Crippen MR) is 191 cm³/mol. The number of nitrogens with zero attached hydrogens (tertiary/aromatic N) is 3. The molecule has 2 aromatic rings. The molecule has 0 bridgehead atoms. The Morgan fingerprint density at radius 3 is 1.86 bits per heavy atom. The Morgan fingerprint density at radius 2 is 1.37 bits per heavy atom. The number of benzene rings is 2. The summed E-state index contributed by atoms with van der Waals surface area (Å²) in [6, 6.07) is 9.85. The number of halogens is 7. The zero-order chi connectivity index (χ0) is 42.5. The maximum Gasteiger partial charge on any atom is 0.490 e. The number of rotatable bonds is 9. The van der Waals surface area contributed by atoms with E-state index in [2.05, 4.69) is 5.32 Å². The van der Waals surface area contributed by atoms with Gasteiger partial charge in [0, 0.05) is 63.0 Å². The third kappa shape index (κ3) is 14.2. The van der Waals surface area contributed by atoms with Crippen molar-refractivity contribution < 1.29 is 69.7 Å². The number of carboxylic acid groups (broad SMARTS) is 2. The molecule has 5 rings (SSSR count). The predicted octanol–water partition coefficient (Wildman–Crippen LogP) is 5.18. The van der Waals surface area contributed by atoms with Crippen molar-refractivity contribution in [1.82, 2.24) is 15.1 Å². The van der Waals surface area contributed by atoms with Crippen molar-refractivity contribution in [3.05, 3.63) is 58.9 Å². The van der Waals surface area contributed by atoms with E-state index < -0.39 is 30.1 Å². The second-order valence-corrected chi connectivity index (χ2v) is 13.6. The van der Waals surface area contributed by atoms with E-state index in [0.29, 0.717) is 56.3 Å². The van der Waals surface area contributed by atoms with E-state index in [4.69, 9.17) is 30.3 Å². The normalized spacial score (nSPS) is 17.4. The monoisotopic (exact) mass is 821 g/mol. The molecule has 316 valence electrons. The molecule has 3 fully saturated rings. The molecule has 3 amide bonds. The van der Waals surface area contributed by atoms with Crippen LogP contribution in [-0.2, 0) is 14.4 Å². The van der Waals surface area contributed by atoms with Crippen LogP contribution in [-0.4, -0.2) is 121 Å². The van der Waals surface area contributed by atoms with Crippen molar-refractivity contribution in [2.75, 3.05) is 57.8 Å². The minimum Gasteiger partial charge on any atom is -0.489 e. The number of amides is 3. The second kappa shape index (κ2) is 21.0. The van der Waals surface area contributed by atoms with Gasteiger partial charge in [0.1, 0.15) is 17.7 Å². The molecular weight excluding hydrogens is 775 g/mol. The fourth-order valence-electron chi connectivity index (χ4n) is 6.36. The summed E-state index contributed by atoms with van der Waals surface area (Å²) in [5.41, 5.74) is 7.79. The van der Waals surface area contributed by atoms with E-state index in [0.717, 1.165) is 43.7 Å². The van der Waals surface area contributed by atoms with Gasteiger partial charge in [-0.3, -0.25) is 14.4 Å². The Balaban J connectivity index is 0.000000531. The lowest BCUT2D eigenvalue weighted by molar-refractivity contribution is -0.193. The summed E-state index contributed by atoms with van der Waals surface area (Å²) in [6.45, 7) is 3.64. The first-order valence-corrected chi connectivity index (χ1v) is 18.2. The van der Waals surface area contributed by atoms with Gasteiger partial charge >= 0.3 is 24.3 Å². The first-order chi connectivity index (χ1) is 26.7. The number of anilines is 1. The van der Waals surface area contributed by atoms with Crippen LogP contribution in [0.1, 0.15) is 83.6 Å². The Labute approximate surface area is 323 Å². The van der Waals surface area contributed by atoms with Crippen LogP contribution in [0.15, 0.2) is 36.4 Å². The van der Waals surface area contributed by atoms with Gasteiger partial charge in [0.05, 0.1) is 0 Å². The van der Waals surface area contributed by atoms with Gasteiger partial charge in [-0.05, 0) is 86.7 Å². The summed E-state index contributed by atoms with van der Waals surface area (Å²) >= 11 is 0. The molecule has 2 aliphatic heterocycles. The third-order valence-corrected chi connectivity index (χ3v) is 9.44. The molecule has 3 aliphatic rings. The molecule has 0 unspecified atom stereocenters. The molecule has 0 spiro atoms. The molecule has 5 N–H and O–H groups in total. The average Bonchev–Trinajstić information content (AvgIpc) is 3.69. The zero-order valence-corrected chi connectivity index (χ0v) is 31.1. The van der Waals surface area contributed by atoms with E-state index in [1.807, 2.05) is 18.2 Å². The lowest BCUT2D eigenvalue weighted by Gasteiger charge is -2.35. The standard InChI is InChI=1S/C33H44FN5O4.2C2HF3O2/c1-37(31(40)8-5-12-35)27-19-25(18-26(34)21-27)33(42)39-16-14-38(15-17-39)32(41)24-9-10-30(43-28-11-13-36-22-28)29(20-24)23-6-3-2-4-7-23;2*3-2(4,5)1(6)7/h9-10,18-21,23,28,36H,2-8,11-17,22,35H2,1H3;2*(H,6,7)/t28-;;/m0../s1. The topological polar surface area (TPSA) is 183 Å². The van der Waals surface area contributed by atoms with Gasteiger partial charge in [-0.2, -0.15) is 26.3 Å². The van der Waals surface area contributed by atoms with Crippen molar-refractivity contribution in [2.45, 2.75) is 75.7 Å². The summed E-state index contributed by atoms with van der Waals surface area (Å²) in [5.74, 6) is -5.37. The molecule has 2 saturated heterocycles. The van der Waals surface area contributed by atoms with Crippen LogP contribution in [0, 0.1) is 5.82 Å². The number of alkyl halides is 6. The van der Waals surface area contributed by atoms with Crippen LogP contribution in [0.4, 0.5) is 36.4 Å². The number of hydrogen-bond acceptors (Lipinski definition) is 8. The molecule has 13 nitrogen and oxygen atoms in total. The second-order valence-electron chi connectivity index (χ2n) is 13.6. The summed E-state index contributed by atoms with van der Waals surface area (Å²) in [4.78, 5) is 61.9. The van der Waals surface area contributed by atoms with Crippen LogP contribution in [0.2, 0.25) is 0 Å². The third-order valence-electron chi connectivity index (χ3n) is 9.44. The van der Waals surface area contributed by atoms with Gasteiger partial charge in [-0.25, -0.2) is 14.0 Å². The van der Waals surface area contributed by atoms with Crippen LogP contribution >= 0.6 is 0 Å². The molecule has 1 aliphatic carbocycles. The van der Waals surface area contributed by atoms with Crippen LogP contribution in [0.25, 0.3) is 0 Å². The Bertz CT molecular complexity index is 1680. The van der Waals surface area contributed by atoms with Crippen LogP contribution in [0.3, 0.4) is 0 Å². The molecule has 0 radical (unpaired) electrons. The van der Waals surface area contributed by atoms with Gasteiger partial charge in [-0.1, -0.05) is 19.3 Å². The van der Waals surface area contributed by atoms with E-state index in [1.165, 1.54) is 36.3 Å². The van der Waals surface area contributed by atoms with Crippen LogP contribution in [0.5, 0.6) is 5.75 Å². The van der Waals surface area contributed by atoms with Crippen molar-refractivity contribution in [1.29, 1.82) is 0 Å². The number of aliphatic carboxylic acids is 2. The smallest absolute Gasteiger partial charge is 0.489 e. The average molecular weight is 822 g/mol. The van der Waals surface area contributed by atoms with E-state index in [1.54, 1.807) is 22.9 Å². The van der Waals surface area contributed by atoms with Crippen molar-refractivity contribution in [3.63, 3.8) is 0 Å². The number of carboxylic acids is 2. The van der Waals surface area contributed by atoms with E-state index in [9.17, 15) is 45.1 Å². The Hall–Kier alpha value is -4.98. The highest BCUT2D eigenvalue weighted by Gasteiger charge is 2.39. The first-order valence-electron chi connectivity index (χ1n) is 18.2. The van der Waals surface area contributed by atoms with Crippen molar-refractivity contribution >= 4 is 35.3 Å². The first kappa shape index (κ1) is 46.4. The van der Waals surface area contributed by atoms with Gasteiger partial charge in [-0.15, -0.1) is 0 Å². The van der Waals surface area contributed by atoms with E-state index in [-0.39, 0.29) is 35.8 Å². The van der Waals surface area contributed by atoms with Gasteiger partial charge in [0.2, 0.25) is 5.91 Å². The molecule has 20 heteroatoms. The number of ether oxygens (including phenoxy) is 1. The van der Waals surface area contributed by atoms with Gasteiger partial charge in [0.15, 0.2) is 0 Å². The minimum absolute atomic E-state index is 0.0519. The highest BCUT2D eigenvalue weighted by atomic mass is 19.4. The largest absolute Gasteiger partial charge is 0.490 e. The molecule has 1 atom stereocenters. The molecule has 1 saturated carbocycles. The zero-order valence-electron chi connectivity index (χ0n) is 31.1. The van der Waals surface area contributed by atoms with Crippen molar-refractivity contribution in [3.8, 4) is 5.75 Å². The molecule has 2 heterocycles. The summed E-state index contributed by atoms with van der Waals surface area (Å²) in [6.07, 6.45) is -2.40. The highest BCUT2D eigenvalue weighted by Crippen LogP contribution is 2.39. The summed E-state index contributed by atoms with van der Waals surface area (Å²) in [5, 5.41) is 17.6. The summed E-state index contributed by atoms with van der Waals surface area (Å²) < 4.78 is 84.4. The molecule has 2 aromatic carbocycles. The Kier molecular flexibility index (Phi) is 17.1. The maximum absolute atomic E-state index is 14.5. The fourth-order valence-corrected chi connectivity index (χ4v) is 6.36. The number of piperazine rings is 1. The SMILES string of the molecule is CN(C(=O)CCCN)c1cc(F)cc(C(=O)N2CCN(C(=O)c3ccc(O[C@H]4CCNC4)c(C4CCCCC4)c3)CC2)c1.O=C(O)C(F)(F)F.O=C(O)C(F)(F)F. The lowest BCUT2D eigenvalue weighted by Crippen LogP contribution is -2.50. The number of nitrogens with two attached hydrogens (primary N) is 1. The summed E-state index contributed by atoms with van der Waals surface area (Å²) in [7, 11) is 1.57. The fraction of sp³-hybridized carbons (Fsp3) is 0.541. The number of nitrogens with one attached hydrogen (secondary N) is 1. The van der Waals surface area contributed by atoms with Gasteiger partial charge < -0.3 is 40.7 Å². The number of carbonyl (C=O) groups excluding carboxylic acids is 3. The Morgan fingerprint density at radius 1 is 0.825 bits per heavy atom. The quantitative estimate of drug-likeness (QED) is 0.246. The highest BCUT2D eigenvalue weighted by molar-refractivity contribution is 5.98. The molecule has 0 aromatic heterocycles. The van der Waals surface area contributed by atoms with Gasteiger partial charge in [0.25, 0.3) is 11.8 Å². The molecule has 57 heavy (non-hydrogen) atoms. The van der Waals surface area contributed by atoms with Crippen molar-refractivity contribution in [2.24, 2.45) is 5.73 Å². The van der Waals surface area contributed by atoms with E-state index >= 15 is 0 Å². The number of carbonyl (C=O) groups is 5. The minimum atomic E-state index is -5.08. The number of hydrogen-bond donors (Lipinski definition) is 4. The van der Waals surface area contributed by atoms with Crippen LogP contribution < -0.4 is 20.7 Å². The maximum atomic E-state index is 14.5. The lowest BCUT2D eigenvalue weighted by atomic mass is 9.83.